The summed E-state index contributed by atoms with van der Waals surface area (Å²) in [6.45, 7) is 0. The van der Waals surface area contributed by atoms with Gasteiger partial charge >= 0.3 is 0 Å². The number of hydrogen-bond donors (Lipinski definition) is 0. The number of fused-ring (bicyclic) bond motifs is 1. The third kappa shape index (κ3) is 3.09. The maximum absolute atomic E-state index is 9.08. The number of ether oxygens (including phenoxy) is 1. The molecule has 0 aliphatic heterocycles. The first kappa shape index (κ1) is 14.9. The lowest BCUT2D eigenvalue weighted by Gasteiger charge is -2.19. The van der Waals surface area contributed by atoms with Crippen LogP contribution in [0.3, 0.4) is 0 Å². The Hall–Kier alpha value is -2.02. The summed E-state index contributed by atoms with van der Waals surface area (Å²) in [7, 11) is 0. The number of nitriles is 1. The number of benzene rings is 2. The van der Waals surface area contributed by atoms with E-state index in [-0.39, 0.29) is 6.10 Å². The van der Waals surface area contributed by atoms with Gasteiger partial charge in [-0.05, 0) is 23.1 Å². The zero-order valence-corrected chi connectivity index (χ0v) is 13.4. The van der Waals surface area contributed by atoms with Crippen molar-refractivity contribution in [2.45, 2.75) is 12.5 Å². The largest absolute Gasteiger partial charge is 0.484 e. The first-order valence-electron chi connectivity index (χ1n) is 7.02. The summed E-state index contributed by atoms with van der Waals surface area (Å²) in [6.07, 6.45) is 0.648. The van der Waals surface area contributed by atoms with E-state index in [4.69, 9.17) is 21.6 Å². The third-order valence-corrected chi connectivity index (χ3v) is 4.72. The monoisotopic (exact) mass is 327 g/mol. The lowest BCUT2D eigenvalue weighted by Crippen LogP contribution is -2.08. The van der Waals surface area contributed by atoms with Gasteiger partial charge in [0.15, 0.2) is 0 Å². The van der Waals surface area contributed by atoms with E-state index in [1.54, 1.807) is 0 Å². The molecule has 0 aliphatic rings. The topological polar surface area (TPSA) is 33.0 Å². The van der Waals surface area contributed by atoms with Crippen LogP contribution in [-0.4, -0.2) is 5.88 Å². The predicted octanol–water partition coefficient (Wildman–Crippen LogP) is 5.52. The molecule has 0 spiro atoms. The zero-order chi connectivity index (χ0) is 15.4. The first-order chi connectivity index (χ1) is 10.8. The molecule has 110 valence electrons. The number of thiophene rings is 1. The quantitative estimate of drug-likeness (QED) is 0.578. The lowest BCUT2D eigenvalue weighted by molar-refractivity contribution is 0.205. The molecule has 3 aromatic rings. The molecule has 1 heterocycles. The Kier molecular flexibility index (Phi) is 4.62. The van der Waals surface area contributed by atoms with Gasteiger partial charge in [0, 0.05) is 12.3 Å². The number of rotatable bonds is 5. The van der Waals surface area contributed by atoms with Crippen molar-refractivity contribution in [2.24, 2.45) is 0 Å². The summed E-state index contributed by atoms with van der Waals surface area (Å²) in [4.78, 5) is 0.694. The molecule has 0 aliphatic carbocycles. The summed E-state index contributed by atoms with van der Waals surface area (Å²) < 4.78 is 7.24. The minimum absolute atomic E-state index is 0.0862. The minimum Gasteiger partial charge on any atom is -0.484 e. The Morgan fingerprint density at radius 2 is 1.95 bits per heavy atom. The summed E-state index contributed by atoms with van der Waals surface area (Å²) in [5, 5.41) is 10.1. The van der Waals surface area contributed by atoms with Crippen LogP contribution in [0.4, 0.5) is 0 Å². The summed E-state index contributed by atoms with van der Waals surface area (Å²) in [5.41, 5.74) is 1.11. The van der Waals surface area contributed by atoms with Crippen LogP contribution in [0.2, 0.25) is 0 Å². The standard InChI is InChI=1S/C18H14ClNOS/c19-10-9-16(13-5-2-1-3-6-13)21-17-8-4-7-14-11-15(12-20)22-18(14)17/h1-8,11,16H,9-10H2/t16-/m0/s1. The van der Waals surface area contributed by atoms with Crippen LogP contribution in [0.25, 0.3) is 10.1 Å². The Morgan fingerprint density at radius 1 is 1.14 bits per heavy atom. The molecule has 1 atom stereocenters. The molecule has 3 rings (SSSR count). The van der Waals surface area contributed by atoms with Crippen LogP contribution < -0.4 is 4.74 Å². The van der Waals surface area contributed by atoms with Crippen molar-refractivity contribution < 1.29 is 4.74 Å². The van der Waals surface area contributed by atoms with Gasteiger partial charge in [0.2, 0.25) is 0 Å². The molecule has 4 heteroatoms. The van der Waals surface area contributed by atoms with Crippen molar-refractivity contribution in [3.63, 3.8) is 0 Å². The fourth-order valence-electron chi connectivity index (χ4n) is 2.40. The van der Waals surface area contributed by atoms with E-state index in [1.807, 2.05) is 54.6 Å². The molecule has 2 nitrogen and oxygen atoms in total. The molecule has 0 radical (unpaired) electrons. The second kappa shape index (κ2) is 6.83. The van der Waals surface area contributed by atoms with Crippen molar-refractivity contribution in [1.29, 1.82) is 5.26 Å². The molecule has 0 saturated carbocycles. The van der Waals surface area contributed by atoms with Gasteiger partial charge in [-0.1, -0.05) is 42.5 Å². The second-order valence-electron chi connectivity index (χ2n) is 4.89. The smallest absolute Gasteiger partial charge is 0.138 e. The van der Waals surface area contributed by atoms with Crippen LogP contribution in [0.5, 0.6) is 5.75 Å². The SMILES string of the molecule is N#Cc1cc2cccc(O[C@@H](CCCl)c3ccccc3)c2s1. The minimum atomic E-state index is -0.0862. The normalized spacial score (nSPS) is 12.0. The van der Waals surface area contributed by atoms with E-state index in [1.165, 1.54) is 11.3 Å². The highest BCUT2D eigenvalue weighted by molar-refractivity contribution is 7.19. The van der Waals surface area contributed by atoms with E-state index in [0.29, 0.717) is 10.8 Å². The van der Waals surface area contributed by atoms with E-state index >= 15 is 0 Å². The predicted molar refractivity (Wildman–Crippen MR) is 91.7 cm³/mol. The van der Waals surface area contributed by atoms with Gasteiger partial charge in [0.25, 0.3) is 0 Å². The van der Waals surface area contributed by atoms with Crippen molar-refractivity contribution >= 4 is 33.0 Å². The zero-order valence-electron chi connectivity index (χ0n) is 11.8. The molecular weight excluding hydrogens is 314 g/mol. The van der Waals surface area contributed by atoms with Gasteiger partial charge < -0.3 is 4.74 Å². The Morgan fingerprint density at radius 3 is 2.68 bits per heavy atom. The van der Waals surface area contributed by atoms with Crippen molar-refractivity contribution in [3.8, 4) is 11.8 Å². The number of hydrogen-bond acceptors (Lipinski definition) is 3. The molecule has 22 heavy (non-hydrogen) atoms. The summed E-state index contributed by atoms with van der Waals surface area (Å²) >= 11 is 7.40. The number of alkyl halides is 1. The van der Waals surface area contributed by atoms with Crippen molar-refractivity contribution in [3.05, 3.63) is 65.0 Å². The molecule has 0 unspecified atom stereocenters. The summed E-state index contributed by atoms with van der Waals surface area (Å²) in [6, 6.07) is 20.1. The Bertz CT molecular complexity index is 807. The van der Waals surface area contributed by atoms with Gasteiger partial charge in [-0.15, -0.1) is 22.9 Å². The highest BCUT2D eigenvalue weighted by Gasteiger charge is 2.15. The van der Waals surface area contributed by atoms with E-state index in [0.717, 1.165) is 27.8 Å². The molecule has 0 bridgehead atoms. The van der Waals surface area contributed by atoms with E-state index in [9.17, 15) is 0 Å². The van der Waals surface area contributed by atoms with Crippen molar-refractivity contribution in [2.75, 3.05) is 5.88 Å². The van der Waals surface area contributed by atoms with Crippen LogP contribution in [0.1, 0.15) is 23.0 Å². The summed E-state index contributed by atoms with van der Waals surface area (Å²) in [5.74, 6) is 1.34. The van der Waals surface area contributed by atoms with Gasteiger partial charge in [-0.2, -0.15) is 5.26 Å². The highest BCUT2D eigenvalue weighted by atomic mass is 35.5. The van der Waals surface area contributed by atoms with Gasteiger partial charge in [0.05, 0.1) is 4.70 Å². The van der Waals surface area contributed by atoms with E-state index in [2.05, 4.69) is 6.07 Å². The average Bonchev–Trinajstić information content (AvgIpc) is 2.99. The molecule has 2 aromatic carbocycles. The van der Waals surface area contributed by atoms with Gasteiger partial charge in [-0.3, -0.25) is 0 Å². The molecule has 0 N–H and O–H groups in total. The van der Waals surface area contributed by atoms with Crippen LogP contribution in [0.15, 0.2) is 54.6 Å². The molecule has 0 saturated heterocycles. The van der Waals surface area contributed by atoms with Crippen molar-refractivity contribution in [1.82, 2.24) is 0 Å². The third-order valence-electron chi connectivity index (χ3n) is 3.43. The van der Waals surface area contributed by atoms with Crippen LogP contribution >= 0.6 is 22.9 Å². The van der Waals surface area contributed by atoms with Gasteiger partial charge in [-0.25, -0.2) is 0 Å². The molecule has 0 amide bonds. The maximum atomic E-state index is 9.08. The van der Waals surface area contributed by atoms with Crippen LogP contribution in [0, 0.1) is 11.3 Å². The molecular formula is C18H14ClNOS. The van der Waals surface area contributed by atoms with Crippen LogP contribution in [-0.2, 0) is 0 Å². The fourth-order valence-corrected chi connectivity index (χ4v) is 3.51. The molecule has 1 aromatic heterocycles. The second-order valence-corrected chi connectivity index (χ2v) is 6.32. The number of halogens is 1. The maximum Gasteiger partial charge on any atom is 0.138 e. The highest BCUT2D eigenvalue weighted by Crippen LogP contribution is 2.36. The number of nitrogens with zero attached hydrogens (tertiary/aromatic N) is 1. The Labute approximate surface area is 138 Å². The molecule has 0 fully saturated rings. The lowest BCUT2D eigenvalue weighted by atomic mass is 10.1. The first-order valence-corrected chi connectivity index (χ1v) is 8.37. The Balaban J connectivity index is 1.96. The fraction of sp³-hybridized carbons (Fsp3) is 0.167. The van der Waals surface area contributed by atoms with Gasteiger partial charge in [0.1, 0.15) is 22.8 Å². The van der Waals surface area contributed by atoms with E-state index < -0.39 is 0 Å². The average molecular weight is 328 g/mol.